The number of aromatic nitrogens is 1. The third-order valence-corrected chi connectivity index (χ3v) is 10.4. The van der Waals surface area contributed by atoms with Crippen LogP contribution in [0.4, 0.5) is 17.1 Å². The zero-order valence-electron chi connectivity index (χ0n) is 26.1. The van der Waals surface area contributed by atoms with Gasteiger partial charge in [0.15, 0.2) is 0 Å². The number of hydrogen-bond donors (Lipinski definition) is 0. The lowest BCUT2D eigenvalue weighted by Crippen LogP contribution is -2.58. The maximum absolute atomic E-state index is 6.63. The molecule has 0 amide bonds. The fraction of sp³-hybridized carbons (Fsp3) is 0.0952. The average molecular weight is 591 g/mol. The molecule has 0 fully saturated rings. The van der Waals surface area contributed by atoms with Gasteiger partial charge in [-0.2, -0.15) is 0 Å². The third kappa shape index (κ3) is 3.28. The standard InChI is InChI=1S/C42H31BN2O/c1-26-23-35-39-37(24-26)46-36-20-11-10-18-33(36)43(39)34-19-12-17-31-38-41(45(35)40(31)34)30-22-21-29(25-32(30)42(38,2)3)44(27-13-6-4-7-14-27)28-15-8-5-9-16-28/h4-25H,1-3H3. The van der Waals surface area contributed by atoms with Crippen LogP contribution >= 0.6 is 0 Å². The first-order valence-electron chi connectivity index (χ1n) is 16.2. The number of rotatable bonds is 3. The van der Waals surface area contributed by atoms with Gasteiger partial charge in [0.1, 0.15) is 11.5 Å². The topological polar surface area (TPSA) is 17.4 Å². The molecular weight excluding hydrogens is 559 g/mol. The summed E-state index contributed by atoms with van der Waals surface area (Å²) in [5.41, 5.74) is 16.3. The second-order valence-electron chi connectivity index (χ2n) is 13.4. The van der Waals surface area contributed by atoms with Gasteiger partial charge in [-0.25, -0.2) is 0 Å². The van der Waals surface area contributed by atoms with Crippen LogP contribution in [-0.4, -0.2) is 11.3 Å². The molecule has 0 atom stereocenters. The van der Waals surface area contributed by atoms with Crippen LogP contribution in [0.2, 0.25) is 0 Å². The van der Waals surface area contributed by atoms with Crippen LogP contribution in [0.15, 0.2) is 133 Å². The molecular formula is C42H31BN2O. The summed E-state index contributed by atoms with van der Waals surface area (Å²) in [6.45, 7) is 7.13. The molecule has 46 heavy (non-hydrogen) atoms. The summed E-state index contributed by atoms with van der Waals surface area (Å²) >= 11 is 0. The molecule has 3 heterocycles. The summed E-state index contributed by atoms with van der Waals surface area (Å²) in [6.07, 6.45) is 0. The Bertz CT molecular complexity index is 2350. The monoisotopic (exact) mass is 590 g/mol. The van der Waals surface area contributed by atoms with Crippen molar-refractivity contribution in [3.8, 4) is 28.4 Å². The zero-order valence-corrected chi connectivity index (χ0v) is 26.1. The number of nitrogens with zero attached hydrogens (tertiary/aromatic N) is 2. The van der Waals surface area contributed by atoms with Gasteiger partial charge < -0.3 is 14.2 Å². The molecule has 218 valence electrons. The summed E-state index contributed by atoms with van der Waals surface area (Å²) < 4.78 is 9.20. The van der Waals surface area contributed by atoms with Crippen LogP contribution in [-0.2, 0) is 5.41 Å². The molecule has 0 bridgehead atoms. The van der Waals surface area contributed by atoms with Crippen LogP contribution < -0.4 is 26.0 Å². The highest BCUT2D eigenvalue weighted by Gasteiger charge is 2.46. The molecule has 1 aromatic heterocycles. The first kappa shape index (κ1) is 25.8. The number of fused-ring (bicyclic) bond motifs is 9. The van der Waals surface area contributed by atoms with Gasteiger partial charge in [0.2, 0.25) is 0 Å². The van der Waals surface area contributed by atoms with Gasteiger partial charge in [-0.3, -0.25) is 0 Å². The minimum absolute atomic E-state index is 0.136. The Morgan fingerprint density at radius 2 is 1.35 bits per heavy atom. The van der Waals surface area contributed by atoms with E-state index in [1.807, 2.05) is 0 Å². The van der Waals surface area contributed by atoms with Crippen molar-refractivity contribution in [3.63, 3.8) is 0 Å². The van der Waals surface area contributed by atoms with E-state index < -0.39 is 0 Å². The van der Waals surface area contributed by atoms with Crippen LogP contribution in [0, 0.1) is 6.92 Å². The SMILES string of the molecule is Cc1cc2c3c(c1)-n1c4c(c5cccc(c51)B3c1ccccc1O2)C(C)(C)c1cc(N(c2ccccc2)c2ccccc2)ccc1-4. The number of anilines is 3. The Morgan fingerprint density at radius 3 is 2.11 bits per heavy atom. The minimum atomic E-state index is -0.205. The van der Waals surface area contributed by atoms with Gasteiger partial charge in [0, 0.05) is 44.6 Å². The number of para-hydroxylation sites is 4. The molecule has 0 spiro atoms. The van der Waals surface area contributed by atoms with E-state index >= 15 is 0 Å². The van der Waals surface area contributed by atoms with Crippen LogP contribution in [0.1, 0.15) is 30.5 Å². The lowest BCUT2D eigenvalue weighted by molar-refractivity contribution is 0.487. The fourth-order valence-electron chi connectivity index (χ4n) is 8.57. The minimum Gasteiger partial charge on any atom is -0.458 e. The summed E-state index contributed by atoms with van der Waals surface area (Å²) in [7, 11) is 0. The molecule has 0 radical (unpaired) electrons. The van der Waals surface area contributed by atoms with Crippen LogP contribution in [0.25, 0.3) is 27.8 Å². The van der Waals surface area contributed by atoms with Crippen molar-refractivity contribution in [3.05, 3.63) is 150 Å². The summed E-state index contributed by atoms with van der Waals surface area (Å²) in [5, 5.41) is 1.34. The van der Waals surface area contributed by atoms with E-state index in [9.17, 15) is 0 Å². The normalized spacial score (nSPS) is 14.3. The quantitative estimate of drug-likeness (QED) is 0.192. The Morgan fingerprint density at radius 1 is 0.652 bits per heavy atom. The Hall–Kier alpha value is -5.48. The molecule has 1 aliphatic carbocycles. The lowest BCUT2D eigenvalue weighted by Gasteiger charge is -2.34. The van der Waals surface area contributed by atoms with E-state index in [1.54, 1.807) is 0 Å². The molecule has 6 aromatic carbocycles. The van der Waals surface area contributed by atoms with Gasteiger partial charge >= 0.3 is 0 Å². The molecule has 2 aliphatic heterocycles. The van der Waals surface area contributed by atoms with Gasteiger partial charge in [0.05, 0.1) is 5.69 Å². The highest BCUT2D eigenvalue weighted by Crippen LogP contribution is 2.55. The number of aryl methyl sites for hydroxylation is 1. The van der Waals surface area contributed by atoms with Crippen LogP contribution in [0.5, 0.6) is 11.5 Å². The lowest BCUT2D eigenvalue weighted by atomic mass is 9.34. The maximum atomic E-state index is 6.63. The van der Waals surface area contributed by atoms with E-state index in [0.29, 0.717) is 0 Å². The summed E-state index contributed by atoms with van der Waals surface area (Å²) in [6, 6.07) is 48.5. The Balaban J connectivity index is 1.26. The molecule has 0 unspecified atom stereocenters. The van der Waals surface area contributed by atoms with E-state index in [-0.39, 0.29) is 12.1 Å². The first-order chi connectivity index (χ1) is 22.5. The highest BCUT2D eigenvalue weighted by atomic mass is 16.5. The molecule has 0 saturated heterocycles. The summed E-state index contributed by atoms with van der Waals surface area (Å²) in [5.74, 6) is 1.93. The van der Waals surface area contributed by atoms with Crippen molar-refractivity contribution in [1.82, 2.24) is 4.57 Å². The van der Waals surface area contributed by atoms with Gasteiger partial charge in [-0.1, -0.05) is 92.7 Å². The van der Waals surface area contributed by atoms with E-state index in [0.717, 1.165) is 28.6 Å². The van der Waals surface area contributed by atoms with Crippen molar-refractivity contribution in [2.45, 2.75) is 26.2 Å². The van der Waals surface area contributed by atoms with Crippen molar-refractivity contribution in [2.75, 3.05) is 4.90 Å². The van der Waals surface area contributed by atoms with E-state index in [4.69, 9.17) is 4.74 Å². The second kappa shape index (κ2) is 9.05. The second-order valence-corrected chi connectivity index (χ2v) is 13.4. The molecule has 3 aliphatic rings. The summed E-state index contributed by atoms with van der Waals surface area (Å²) in [4.78, 5) is 2.36. The molecule has 7 aromatic rings. The van der Waals surface area contributed by atoms with Crippen molar-refractivity contribution < 1.29 is 4.74 Å². The molecule has 0 saturated carbocycles. The van der Waals surface area contributed by atoms with Crippen molar-refractivity contribution in [2.24, 2.45) is 0 Å². The molecule has 0 N–H and O–H groups in total. The maximum Gasteiger partial charge on any atom is 0.256 e. The Kier molecular flexibility index (Phi) is 5.08. The van der Waals surface area contributed by atoms with E-state index in [1.165, 1.54) is 60.9 Å². The van der Waals surface area contributed by atoms with Crippen molar-refractivity contribution in [1.29, 1.82) is 0 Å². The zero-order chi connectivity index (χ0) is 30.7. The molecule has 10 rings (SSSR count). The van der Waals surface area contributed by atoms with Crippen LogP contribution in [0.3, 0.4) is 0 Å². The largest absolute Gasteiger partial charge is 0.458 e. The molecule has 4 heteroatoms. The third-order valence-electron chi connectivity index (χ3n) is 10.4. The molecule has 3 nitrogen and oxygen atoms in total. The average Bonchev–Trinajstić information content (AvgIpc) is 3.55. The van der Waals surface area contributed by atoms with Gasteiger partial charge in [0.25, 0.3) is 6.71 Å². The number of hydrogen-bond acceptors (Lipinski definition) is 2. The first-order valence-corrected chi connectivity index (χ1v) is 16.2. The number of benzene rings is 6. The fourth-order valence-corrected chi connectivity index (χ4v) is 8.57. The van der Waals surface area contributed by atoms with Gasteiger partial charge in [-0.15, -0.1) is 0 Å². The predicted molar refractivity (Wildman–Crippen MR) is 191 cm³/mol. The smallest absolute Gasteiger partial charge is 0.256 e. The van der Waals surface area contributed by atoms with E-state index in [2.05, 4.69) is 164 Å². The van der Waals surface area contributed by atoms with Gasteiger partial charge in [-0.05, 0) is 94.6 Å². The highest BCUT2D eigenvalue weighted by molar-refractivity contribution is 6.99. The van der Waals surface area contributed by atoms with Crippen molar-refractivity contribution >= 4 is 51.1 Å². The predicted octanol–water partition coefficient (Wildman–Crippen LogP) is 8.65. The number of ether oxygens (including phenoxy) is 1. The Labute approximate surface area is 269 Å².